The second-order valence-electron chi connectivity index (χ2n) is 3.69. The largest absolute Gasteiger partial charge is 0.0922 e. The number of alkyl halides is 1. The van der Waals surface area contributed by atoms with Gasteiger partial charge in [0.2, 0.25) is 0 Å². The molecule has 0 saturated carbocycles. The van der Waals surface area contributed by atoms with E-state index in [1.54, 1.807) is 0 Å². The Labute approximate surface area is 73.5 Å². The van der Waals surface area contributed by atoms with Gasteiger partial charge in [-0.1, -0.05) is 50.0 Å². The lowest BCUT2D eigenvalue weighted by Crippen LogP contribution is -2.24. The molecule has 0 aromatic heterocycles. The van der Waals surface area contributed by atoms with Crippen molar-refractivity contribution < 1.29 is 0 Å². The maximum Gasteiger partial charge on any atom is 0.00877 e. The Hall–Kier alpha value is 0.480. The summed E-state index contributed by atoms with van der Waals surface area (Å²) in [6, 6.07) is 0. The van der Waals surface area contributed by atoms with E-state index in [2.05, 4.69) is 43.6 Å². The molecule has 0 saturated heterocycles. The first-order valence-corrected chi connectivity index (χ1v) is 5.25. The third-order valence-electron chi connectivity index (χ3n) is 2.52. The summed E-state index contributed by atoms with van der Waals surface area (Å²) >= 11 is 3.57. The van der Waals surface area contributed by atoms with Crippen molar-refractivity contribution in [3.05, 3.63) is 0 Å². The van der Waals surface area contributed by atoms with Crippen molar-refractivity contribution in [1.29, 1.82) is 0 Å². The van der Waals surface area contributed by atoms with Crippen molar-refractivity contribution in [2.75, 3.05) is 5.33 Å². The number of hydrogen-bond donors (Lipinski definition) is 0. The van der Waals surface area contributed by atoms with Crippen LogP contribution in [0.1, 0.15) is 40.5 Å². The van der Waals surface area contributed by atoms with Crippen LogP contribution in [0.5, 0.6) is 0 Å². The zero-order valence-electron chi connectivity index (χ0n) is 7.58. The highest BCUT2D eigenvalue weighted by molar-refractivity contribution is 9.09. The highest BCUT2D eigenvalue weighted by Crippen LogP contribution is 2.33. The summed E-state index contributed by atoms with van der Waals surface area (Å²) < 4.78 is 0. The van der Waals surface area contributed by atoms with Gasteiger partial charge in [0.1, 0.15) is 0 Å². The summed E-state index contributed by atoms with van der Waals surface area (Å²) in [6.07, 6.45) is 2.62. The minimum Gasteiger partial charge on any atom is -0.0922 e. The van der Waals surface area contributed by atoms with Crippen LogP contribution in [0.25, 0.3) is 0 Å². The lowest BCUT2D eigenvalue weighted by atomic mass is 9.78. The Kier molecular flexibility index (Phi) is 4.59. The van der Waals surface area contributed by atoms with Gasteiger partial charge in [0.05, 0.1) is 0 Å². The first-order valence-electron chi connectivity index (χ1n) is 4.12. The predicted molar refractivity (Wildman–Crippen MR) is 51.6 cm³/mol. The van der Waals surface area contributed by atoms with Crippen LogP contribution in [-0.2, 0) is 0 Å². The topological polar surface area (TPSA) is 0 Å². The summed E-state index contributed by atoms with van der Waals surface area (Å²) in [5.41, 5.74) is 0.509. The van der Waals surface area contributed by atoms with Gasteiger partial charge in [0, 0.05) is 5.33 Å². The van der Waals surface area contributed by atoms with Crippen LogP contribution in [0.4, 0.5) is 0 Å². The monoisotopic (exact) mass is 206 g/mol. The van der Waals surface area contributed by atoms with Crippen LogP contribution >= 0.6 is 15.9 Å². The fourth-order valence-electron chi connectivity index (χ4n) is 1.08. The summed E-state index contributed by atoms with van der Waals surface area (Å²) in [5.74, 6) is 0.784. The normalized spacial score (nSPS) is 17.4. The maximum atomic E-state index is 3.57. The molecule has 0 fully saturated rings. The van der Waals surface area contributed by atoms with Gasteiger partial charge < -0.3 is 0 Å². The Balaban J connectivity index is 3.94. The maximum absolute atomic E-state index is 3.57. The molecule has 0 spiro atoms. The van der Waals surface area contributed by atoms with E-state index >= 15 is 0 Å². The fourth-order valence-corrected chi connectivity index (χ4v) is 2.01. The molecule has 10 heavy (non-hydrogen) atoms. The van der Waals surface area contributed by atoms with E-state index in [9.17, 15) is 0 Å². The molecule has 0 aromatic rings. The molecule has 0 aromatic carbocycles. The Morgan fingerprint density at radius 1 is 1.40 bits per heavy atom. The molecule has 0 aliphatic heterocycles. The van der Waals surface area contributed by atoms with Crippen LogP contribution in [0, 0.1) is 11.3 Å². The van der Waals surface area contributed by atoms with Gasteiger partial charge in [-0.25, -0.2) is 0 Å². The molecule has 0 heterocycles. The van der Waals surface area contributed by atoms with Crippen molar-refractivity contribution in [3.8, 4) is 0 Å². The molecule has 0 bridgehead atoms. The minimum absolute atomic E-state index is 0.509. The van der Waals surface area contributed by atoms with Gasteiger partial charge in [-0.2, -0.15) is 0 Å². The van der Waals surface area contributed by atoms with Gasteiger partial charge >= 0.3 is 0 Å². The van der Waals surface area contributed by atoms with Crippen LogP contribution in [0.15, 0.2) is 0 Å². The molecule has 1 atom stereocenters. The average molecular weight is 207 g/mol. The Bertz CT molecular complexity index is 88.7. The van der Waals surface area contributed by atoms with Gasteiger partial charge in [-0.3, -0.25) is 0 Å². The zero-order chi connectivity index (χ0) is 8.20. The lowest BCUT2D eigenvalue weighted by molar-refractivity contribution is 0.236. The highest BCUT2D eigenvalue weighted by Gasteiger charge is 2.25. The summed E-state index contributed by atoms with van der Waals surface area (Å²) in [6.45, 7) is 9.22. The SMILES string of the molecule is CCCC(C)(CBr)C(C)C. The van der Waals surface area contributed by atoms with Crippen molar-refractivity contribution in [1.82, 2.24) is 0 Å². The summed E-state index contributed by atoms with van der Waals surface area (Å²) in [7, 11) is 0. The standard InChI is InChI=1S/C9H19Br/c1-5-6-9(4,7-10)8(2)3/h8H,5-7H2,1-4H3. The second kappa shape index (κ2) is 4.38. The molecule has 1 unspecified atom stereocenters. The first-order chi connectivity index (χ1) is 4.56. The number of rotatable bonds is 4. The van der Waals surface area contributed by atoms with Crippen LogP contribution < -0.4 is 0 Å². The number of hydrogen-bond acceptors (Lipinski definition) is 0. The molecule has 0 N–H and O–H groups in total. The van der Waals surface area contributed by atoms with Gasteiger partial charge in [-0.15, -0.1) is 0 Å². The fraction of sp³-hybridized carbons (Fsp3) is 1.00. The molecule has 0 aliphatic rings. The molecule has 0 amide bonds. The van der Waals surface area contributed by atoms with Crippen molar-refractivity contribution in [3.63, 3.8) is 0 Å². The Morgan fingerprint density at radius 2 is 1.90 bits per heavy atom. The van der Waals surface area contributed by atoms with Crippen molar-refractivity contribution in [2.45, 2.75) is 40.5 Å². The molecular formula is C9H19Br. The molecular weight excluding hydrogens is 188 g/mol. The van der Waals surface area contributed by atoms with Crippen molar-refractivity contribution >= 4 is 15.9 Å². The lowest BCUT2D eigenvalue weighted by Gasteiger charge is -2.31. The highest BCUT2D eigenvalue weighted by atomic mass is 79.9. The average Bonchev–Trinajstić information content (AvgIpc) is 1.88. The van der Waals surface area contributed by atoms with E-state index in [-0.39, 0.29) is 0 Å². The third kappa shape index (κ3) is 2.61. The van der Waals surface area contributed by atoms with E-state index in [4.69, 9.17) is 0 Å². The third-order valence-corrected chi connectivity index (χ3v) is 3.80. The zero-order valence-corrected chi connectivity index (χ0v) is 9.16. The number of halogens is 1. The smallest absolute Gasteiger partial charge is 0.00877 e. The second-order valence-corrected chi connectivity index (χ2v) is 4.25. The van der Waals surface area contributed by atoms with Gasteiger partial charge in [0.15, 0.2) is 0 Å². The first kappa shape index (κ1) is 10.5. The summed E-state index contributed by atoms with van der Waals surface area (Å²) in [4.78, 5) is 0. The van der Waals surface area contributed by atoms with Crippen LogP contribution in [0.3, 0.4) is 0 Å². The molecule has 1 heteroatoms. The molecule has 0 radical (unpaired) electrons. The van der Waals surface area contributed by atoms with Crippen molar-refractivity contribution in [2.24, 2.45) is 11.3 Å². The molecule has 0 aliphatic carbocycles. The van der Waals surface area contributed by atoms with E-state index in [0.717, 1.165) is 11.2 Å². The van der Waals surface area contributed by atoms with Crippen LogP contribution in [0.2, 0.25) is 0 Å². The van der Waals surface area contributed by atoms with Gasteiger partial charge in [-0.05, 0) is 17.8 Å². The van der Waals surface area contributed by atoms with Crippen LogP contribution in [-0.4, -0.2) is 5.33 Å². The van der Waals surface area contributed by atoms with E-state index in [1.165, 1.54) is 12.8 Å². The minimum atomic E-state index is 0.509. The molecule has 62 valence electrons. The van der Waals surface area contributed by atoms with Gasteiger partial charge in [0.25, 0.3) is 0 Å². The van der Waals surface area contributed by atoms with E-state index in [0.29, 0.717) is 5.41 Å². The molecule has 0 rings (SSSR count). The Morgan fingerprint density at radius 3 is 2.00 bits per heavy atom. The van der Waals surface area contributed by atoms with E-state index < -0.39 is 0 Å². The quantitative estimate of drug-likeness (QED) is 0.614. The predicted octanol–water partition coefficient (Wildman–Crippen LogP) is 3.84. The van der Waals surface area contributed by atoms with E-state index in [1.807, 2.05) is 0 Å². The summed E-state index contributed by atoms with van der Waals surface area (Å²) in [5, 5.41) is 1.13. The molecule has 0 nitrogen and oxygen atoms in total.